The Hall–Kier alpha value is -0.290. The summed E-state index contributed by atoms with van der Waals surface area (Å²) in [5.74, 6) is 0. The van der Waals surface area contributed by atoms with E-state index >= 15 is 0 Å². The van der Waals surface area contributed by atoms with E-state index < -0.39 is 24.7 Å². The minimum absolute atomic E-state index is 0.660. The molecular formula is C5H10F3NO. The summed E-state index contributed by atoms with van der Waals surface area (Å²) >= 11 is 0. The van der Waals surface area contributed by atoms with Gasteiger partial charge >= 0.3 is 6.18 Å². The van der Waals surface area contributed by atoms with Crippen molar-refractivity contribution in [2.45, 2.75) is 25.1 Å². The maximum absolute atomic E-state index is 11.5. The van der Waals surface area contributed by atoms with Gasteiger partial charge in [-0.1, -0.05) is 0 Å². The highest BCUT2D eigenvalue weighted by Gasteiger charge is 2.36. The fourth-order valence-electron chi connectivity index (χ4n) is 0.514. The Labute approximate surface area is 56.8 Å². The Kier molecular flexibility index (Phi) is 2.67. The van der Waals surface area contributed by atoms with Crippen molar-refractivity contribution in [3.63, 3.8) is 0 Å². The van der Waals surface area contributed by atoms with Gasteiger partial charge in [-0.25, -0.2) is 0 Å². The van der Waals surface area contributed by atoms with E-state index in [0.29, 0.717) is 0 Å². The van der Waals surface area contributed by atoms with Gasteiger partial charge in [0.25, 0.3) is 0 Å². The lowest BCUT2D eigenvalue weighted by molar-refractivity contribution is -0.148. The van der Waals surface area contributed by atoms with Gasteiger partial charge in [0.1, 0.15) is 0 Å². The largest absolute Gasteiger partial charge is 0.394 e. The first-order chi connectivity index (χ1) is 4.27. The molecule has 0 bridgehead atoms. The van der Waals surface area contributed by atoms with E-state index in [2.05, 4.69) is 0 Å². The molecule has 3 N–H and O–H groups in total. The summed E-state index contributed by atoms with van der Waals surface area (Å²) in [6.45, 7) is 0.493. The number of hydrogen-bond acceptors (Lipinski definition) is 2. The Morgan fingerprint density at radius 1 is 1.40 bits per heavy atom. The third-order valence-corrected chi connectivity index (χ3v) is 0.965. The number of nitrogens with two attached hydrogens (primary N) is 1. The summed E-state index contributed by atoms with van der Waals surface area (Å²) in [6, 6.07) is 0. The normalized spacial score (nSPS) is 18.6. The SMILES string of the molecule is CC(N)(CO)CC(F)(F)F. The van der Waals surface area contributed by atoms with Crippen LogP contribution in [-0.4, -0.2) is 23.4 Å². The minimum atomic E-state index is -4.30. The van der Waals surface area contributed by atoms with Gasteiger partial charge in [0.05, 0.1) is 13.0 Å². The van der Waals surface area contributed by atoms with Gasteiger partial charge in [0.15, 0.2) is 0 Å². The molecule has 0 aliphatic rings. The maximum atomic E-state index is 11.5. The van der Waals surface area contributed by atoms with Crippen molar-refractivity contribution < 1.29 is 18.3 Å². The van der Waals surface area contributed by atoms with E-state index in [-0.39, 0.29) is 0 Å². The van der Waals surface area contributed by atoms with Gasteiger partial charge in [-0.3, -0.25) is 0 Å². The zero-order valence-electron chi connectivity index (χ0n) is 5.57. The molecule has 2 nitrogen and oxygen atoms in total. The van der Waals surface area contributed by atoms with Crippen LogP contribution in [0.4, 0.5) is 13.2 Å². The van der Waals surface area contributed by atoms with Crippen LogP contribution < -0.4 is 5.73 Å². The van der Waals surface area contributed by atoms with Crippen LogP contribution in [0.3, 0.4) is 0 Å². The highest BCUT2D eigenvalue weighted by atomic mass is 19.4. The zero-order valence-corrected chi connectivity index (χ0v) is 5.57. The van der Waals surface area contributed by atoms with E-state index in [1.807, 2.05) is 0 Å². The third kappa shape index (κ3) is 4.58. The monoisotopic (exact) mass is 157 g/mol. The van der Waals surface area contributed by atoms with Crippen molar-refractivity contribution in [1.29, 1.82) is 0 Å². The number of halogens is 3. The first kappa shape index (κ1) is 9.71. The molecule has 0 fully saturated rings. The van der Waals surface area contributed by atoms with E-state index in [9.17, 15) is 13.2 Å². The minimum Gasteiger partial charge on any atom is -0.394 e. The van der Waals surface area contributed by atoms with Crippen LogP contribution in [-0.2, 0) is 0 Å². The summed E-state index contributed by atoms with van der Waals surface area (Å²) in [7, 11) is 0. The van der Waals surface area contributed by atoms with Crippen LogP contribution in [0.25, 0.3) is 0 Å². The van der Waals surface area contributed by atoms with Crippen LogP contribution in [0.2, 0.25) is 0 Å². The summed E-state index contributed by atoms with van der Waals surface area (Å²) in [5, 5.41) is 8.33. The average molecular weight is 157 g/mol. The second kappa shape index (κ2) is 2.75. The number of aliphatic hydroxyl groups is 1. The molecule has 0 amide bonds. The fourth-order valence-corrected chi connectivity index (χ4v) is 0.514. The van der Waals surface area contributed by atoms with Crippen molar-refractivity contribution >= 4 is 0 Å². The van der Waals surface area contributed by atoms with Crippen molar-refractivity contribution in [2.24, 2.45) is 5.73 Å². The summed E-state index contributed by atoms with van der Waals surface area (Å²) in [4.78, 5) is 0. The second-order valence-corrected chi connectivity index (χ2v) is 2.60. The standard InChI is InChI=1S/C5H10F3NO/c1-4(9,3-10)2-5(6,7)8/h10H,2-3,9H2,1H3. The summed E-state index contributed by atoms with van der Waals surface area (Å²) in [5.41, 5.74) is 3.49. The molecule has 0 saturated heterocycles. The molecule has 1 unspecified atom stereocenters. The topological polar surface area (TPSA) is 46.2 Å². The molecule has 0 radical (unpaired) electrons. The molecule has 0 heterocycles. The molecule has 10 heavy (non-hydrogen) atoms. The Bertz CT molecular complexity index is 110. The van der Waals surface area contributed by atoms with Crippen LogP contribution in [0, 0.1) is 0 Å². The van der Waals surface area contributed by atoms with E-state index in [1.54, 1.807) is 0 Å². The molecular weight excluding hydrogens is 147 g/mol. The molecule has 0 spiro atoms. The molecule has 0 aromatic heterocycles. The van der Waals surface area contributed by atoms with Crippen molar-refractivity contribution in [2.75, 3.05) is 6.61 Å². The van der Waals surface area contributed by atoms with Gasteiger partial charge in [-0.05, 0) is 6.92 Å². The van der Waals surface area contributed by atoms with Crippen LogP contribution >= 0.6 is 0 Å². The molecule has 0 aliphatic heterocycles. The van der Waals surface area contributed by atoms with Crippen LogP contribution in [0.15, 0.2) is 0 Å². The Balaban J connectivity index is 3.89. The van der Waals surface area contributed by atoms with E-state index in [0.717, 1.165) is 6.92 Å². The highest BCUT2D eigenvalue weighted by Crippen LogP contribution is 2.25. The van der Waals surface area contributed by atoms with Gasteiger partial charge < -0.3 is 10.8 Å². The smallest absolute Gasteiger partial charge is 0.390 e. The number of alkyl halides is 3. The summed E-state index contributed by atoms with van der Waals surface area (Å²) in [6.07, 6.45) is -5.46. The van der Waals surface area contributed by atoms with E-state index in [4.69, 9.17) is 10.8 Å². The lowest BCUT2D eigenvalue weighted by atomic mass is 10.0. The Morgan fingerprint density at radius 2 is 1.80 bits per heavy atom. The lowest BCUT2D eigenvalue weighted by Gasteiger charge is -2.22. The fraction of sp³-hybridized carbons (Fsp3) is 1.00. The first-order valence-corrected chi connectivity index (χ1v) is 2.73. The number of rotatable bonds is 2. The number of aliphatic hydroxyl groups excluding tert-OH is 1. The molecule has 1 atom stereocenters. The molecule has 0 rings (SSSR count). The van der Waals surface area contributed by atoms with Crippen molar-refractivity contribution in [3.05, 3.63) is 0 Å². The van der Waals surface area contributed by atoms with Crippen LogP contribution in [0.1, 0.15) is 13.3 Å². The number of hydrogen-bond donors (Lipinski definition) is 2. The average Bonchev–Trinajstić information content (AvgIpc) is 1.60. The van der Waals surface area contributed by atoms with Gasteiger partial charge in [-0.15, -0.1) is 0 Å². The van der Waals surface area contributed by atoms with Crippen molar-refractivity contribution in [1.82, 2.24) is 0 Å². The quantitative estimate of drug-likeness (QED) is 0.618. The molecule has 0 aliphatic carbocycles. The summed E-state index contributed by atoms with van der Waals surface area (Å²) < 4.78 is 34.6. The predicted octanol–water partition coefficient (Wildman–Crippen LogP) is 0.649. The molecule has 5 heteroatoms. The lowest BCUT2D eigenvalue weighted by Crippen LogP contribution is -2.44. The Morgan fingerprint density at radius 3 is 1.90 bits per heavy atom. The van der Waals surface area contributed by atoms with Crippen molar-refractivity contribution in [3.8, 4) is 0 Å². The molecule has 0 aromatic carbocycles. The van der Waals surface area contributed by atoms with Gasteiger partial charge in [0, 0.05) is 5.54 Å². The highest BCUT2D eigenvalue weighted by molar-refractivity contribution is 4.80. The zero-order chi connectivity index (χ0) is 8.41. The maximum Gasteiger partial charge on any atom is 0.390 e. The van der Waals surface area contributed by atoms with Gasteiger partial charge in [0.2, 0.25) is 0 Å². The first-order valence-electron chi connectivity index (χ1n) is 2.73. The van der Waals surface area contributed by atoms with Crippen LogP contribution in [0.5, 0.6) is 0 Å². The molecule has 0 saturated carbocycles. The molecule has 0 aromatic rings. The third-order valence-electron chi connectivity index (χ3n) is 0.965. The van der Waals surface area contributed by atoms with Gasteiger partial charge in [-0.2, -0.15) is 13.2 Å². The molecule has 62 valence electrons. The second-order valence-electron chi connectivity index (χ2n) is 2.60. The predicted molar refractivity (Wildman–Crippen MR) is 30.4 cm³/mol. The van der Waals surface area contributed by atoms with E-state index in [1.165, 1.54) is 0 Å².